The lowest BCUT2D eigenvalue weighted by molar-refractivity contribution is -0.140. The average Bonchev–Trinajstić information content (AvgIpc) is 3.64. The second-order valence-corrected chi connectivity index (χ2v) is 12.6. The molecular weight excluding hydrogens is 598 g/mol. The summed E-state index contributed by atoms with van der Waals surface area (Å²) >= 11 is 1.42. The van der Waals surface area contributed by atoms with E-state index in [-0.39, 0.29) is 30.5 Å². The van der Waals surface area contributed by atoms with Gasteiger partial charge in [-0.05, 0) is 61.6 Å². The molecule has 6 rings (SSSR count). The third-order valence-corrected chi connectivity index (χ3v) is 9.26. The van der Waals surface area contributed by atoms with Gasteiger partial charge in [0.2, 0.25) is 11.8 Å². The van der Waals surface area contributed by atoms with Gasteiger partial charge in [0.05, 0.1) is 23.5 Å². The van der Waals surface area contributed by atoms with Gasteiger partial charge >= 0.3 is 0 Å². The molecule has 0 saturated heterocycles. The maximum Gasteiger partial charge on any atom is 0.299 e. The summed E-state index contributed by atoms with van der Waals surface area (Å²) in [5, 5.41) is 5.66. The lowest BCUT2D eigenvalue weighted by Gasteiger charge is -2.37. The lowest BCUT2D eigenvalue weighted by atomic mass is 9.86. The number of thiazole rings is 1. The maximum atomic E-state index is 14.4. The number of rotatable bonds is 10. The van der Waals surface area contributed by atoms with Crippen molar-refractivity contribution in [2.24, 2.45) is 5.92 Å². The van der Waals surface area contributed by atoms with Crippen LogP contribution in [0.2, 0.25) is 0 Å². The first-order valence-corrected chi connectivity index (χ1v) is 16.2. The van der Waals surface area contributed by atoms with E-state index >= 15 is 0 Å². The van der Waals surface area contributed by atoms with E-state index in [1.54, 1.807) is 29.2 Å². The van der Waals surface area contributed by atoms with Crippen molar-refractivity contribution in [3.63, 3.8) is 0 Å². The minimum Gasteiger partial charge on any atom is -0.378 e. The van der Waals surface area contributed by atoms with Gasteiger partial charge in [-0.2, -0.15) is 0 Å². The van der Waals surface area contributed by atoms with Gasteiger partial charge in [-0.15, -0.1) is 11.3 Å². The van der Waals surface area contributed by atoms with Crippen LogP contribution in [0.5, 0.6) is 0 Å². The third-order valence-electron chi connectivity index (χ3n) is 8.43. The predicted molar refractivity (Wildman–Crippen MR) is 181 cm³/mol. The summed E-state index contributed by atoms with van der Waals surface area (Å²) in [7, 11) is 3.89. The molecule has 0 spiro atoms. The van der Waals surface area contributed by atoms with Crippen molar-refractivity contribution in [3.05, 3.63) is 107 Å². The summed E-state index contributed by atoms with van der Waals surface area (Å²) in [5.74, 6) is -2.30. The van der Waals surface area contributed by atoms with Crippen molar-refractivity contribution in [2.75, 3.05) is 35.8 Å². The van der Waals surface area contributed by atoms with Crippen LogP contribution in [0.15, 0.2) is 96.4 Å². The molecular formula is C36H35N5O4S. The number of nitrogens with zero attached hydrogens (tertiary/aromatic N) is 4. The normalized spacial score (nSPS) is 16.2. The van der Waals surface area contributed by atoms with Gasteiger partial charge in [0.15, 0.2) is 0 Å². The van der Waals surface area contributed by atoms with Crippen LogP contribution in [0.4, 0.5) is 17.1 Å². The van der Waals surface area contributed by atoms with E-state index in [0.717, 1.165) is 29.8 Å². The molecule has 2 heterocycles. The van der Waals surface area contributed by atoms with Crippen LogP contribution in [-0.4, -0.2) is 60.1 Å². The number of carbonyl (C=O) groups excluding carboxylic acids is 4. The Morgan fingerprint density at radius 2 is 1.72 bits per heavy atom. The number of hydrogen-bond donors (Lipinski definition) is 1. The highest BCUT2D eigenvalue weighted by Gasteiger charge is 2.41. The van der Waals surface area contributed by atoms with Gasteiger partial charge in [-0.3, -0.25) is 24.1 Å². The fraction of sp³-hybridized carbons (Fsp3) is 0.250. The van der Waals surface area contributed by atoms with Gasteiger partial charge in [0.1, 0.15) is 17.6 Å². The molecule has 1 aromatic heterocycles. The van der Waals surface area contributed by atoms with Crippen LogP contribution in [0, 0.1) is 5.92 Å². The minimum absolute atomic E-state index is 0.0752. The number of anilines is 3. The van der Waals surface area contributed by atoms with Crippen LogP contribution in [0.25, 0.3) is 11.3 Å². The number of ketones is 1. The Morgan fingerprint density at radius 1 is 0.978 bits per heavy atom. The van der Waals surface area contributed by atoms with Crippen LogP contribution in [0.1, 0.15) is 34.6 Å². The van der Waals surface area contributed by atoms with Crippen LogP contribution in [0.3, 0.4) is 0 Å². The Bertz CT molecular complexity index is 1780. The molecule has 234 valence electrons. The summed E-state index contributed by atoms with van der Waals surface area (Å²) in [6.45, 7) is -0.297. The highest BCUT2D eigenvalue weighted by Crippen LogP contribution is 2.32. The summed E-state index contributed by atoms with van der Waals surface area (Å²) in [6, 6.07) is 23.1. The molecule has 0 unspecified atom stereocenters. The number of nitrogens with one attached hydrogen (secondary N) is 1. The highest BCUT2D eigenvalue weighted by atomic mass is 32.1. The van der Waals surface area contributed by atoms with Gasteiger partial charge < -0.3 is 15.1 Å². The number of aromatic nitrogens is 1. The molecule has 3 amide bonds. The SMILES string of the molecule is CN(C)c1ccc(NC(=O)[C@@H]([C@H]2CC=CCC2)N(Cc2nc(-c3ccccc3)cs2)C(=O)CN2C(=O)C(=O)c3ccccc32)cc1. The topological polar surface area (TPSA) is 103 Å². The number of para-hydroxylation sites is 1. The minimum atomic E-state index is -0.848. The summed E-state index contributed by atoms with van der Waals surface area (Å²) in [4.78, 5) is 64.0. The van der Waals surface area contributed by atoms with Gasteiger partial charge in [-0.1, -0.05) is 54.6 Å². The van der Waals surface area contributed by atoms with E-state index in [1.807, 2.05) is 79.0 Å². The molecule has 0 radical (unpaired) electrons. The first-order valence-electron chi connectivity index (χ1n) is 15.3. The molecule has 0 fully saturated rings. The number of amides is 3. The van der Waals surface area contributed by atoms with E-state index in [0.29, 0.717) is 22.8 Å². The zero-order chi connectivity index (χ0) is 32.2. The van der Waals surface area contributed by atoms with Crippen molar-refractivity contribution >= 4 is 51.9 Å². The molecule has 1 aliphatic heterocycles. The van der Waals surface area contributed by atoms with Crippen LogP contribution in [-0.2, 0) is 20.9 Å². The molecule has 3 aromatic carbocycles. The van der Waals surface area contributed by atoms with Gasteiger partial charge in [-0.25, -0.2) is 4.98 Å². The second-order valence-electron chi connectivity index (χ2n) is 11.7. The molecule has 9 nitrogen and oxygen atoms in total. The number of Topliss-reactive ketones (excluding diaryl/α,β-unsaturated/α-hetero) is 1. The smallest absolute Gasteiger partial charge is 0.299 e. The summed E-state index contributed by atoms with van der Waals surface area (Å²) in [5.41, 5.74) is 4.01. The van der Waals surface area contributed by atoms with Crippen molar-refractivity contribution in [3.8, 4) is 11.3 Å². The predicted octanol–water partition coefficient (Wildman–Crippen LogP) is 5.80. The second kappa shape index (κ2) is 13.5. The molecule has 4 aromatic rings. The highest BCUT2D eigenvalue weighted by molar-refractivity contribution is 7.09. The lowest BCUT2D eigenvalue weighted by Crippen LogP contribution is -2.54. The van der Waals surface area contributed by atoms with Gasteiger partial charge in [0.25, 0.3) is 11.7 Å². The summed E-state index contributed by atoms with van der Waals surface area (Å²) < 4.78 is 0. The third kappa shape index (κ3) is 6.48. The fourth-order valence-corrected chi connectivity index (χ4v) is 6.82. The maximum absolute atomic E-state index is 14.4. The molecule has 2 atom stereocenters. The molecule has 0 saturated carbocycles. The van der Waals surface area contributed by atoms with Crippen molar-refractivity contribution in [2.45, 2.75) is 31.8 Å². The van der Waals surface area contributed by atoms with E-state index in [2.05, 4.69) is 17.5 Å². The van der Waals surface area contributed by atoms with E-state index in [4.69, 9.17) is 4.98 Å². The van der Waals surface area contributed by atoms with Gasteiger partial charge in [0, 0.05) is 36.4 Å². The Morgan fingerprint density at radius 3 is 2.43 bits per heavy atom. The van der Waals surface area contributed by atoms with E-state index < -0.39 is 23.6 Å². The van der Waals surface area contributed by atoms with E-state index in [1.165, 1.54) is 16.2 Å². The molecule has 0 bridgehead atoms. The Balaban J connectivity index is 1.35. The fourth-order valence-electron chi connectivity index (χ4n) is 6.02. The molecule has 10 heteroatoms. The Labute approximate surface area is 272 Å². The van der Waals surface area contributed by atoms with Crippen molar-refractivity contribution in [1.82, 2.24) is 9.88 Å². The van der Waals surface area contributed by atoms with Crippen molar-refractivity contribution in [1.29, 1.82) is 0 Å². The quantitative estimate of drug-likeness (QED) is 0.175. The standard InChI is InChI=1S/C36H35N5O4S/c1-39(2)27-19-17-26(18-20-27)37-35(44)33(25-13-7-4-8-14-25)41(21-31-38-29(23-46-31)24-11-5-3-6-12-24)32(42)22-40-30-16-10-9-15-28(30)34(43)36(40)45/h3-7,9-12,15-20,23,25,33H,8,13-14,21-22H2,1-2H3,(H,37,44)/t25-,33+/m0/s1. The van der Waals surface area contributed by atoms with Crippen LogP contribution >= 0.6 is 11.3 Å². The molecule has 1 aliphatic carbocycles. The van der Waals surface area contributed by atoms with Crippen molar-refractivity contribution < 1.29 is 19.2 Å². The van der Waals surface area contributed by atoms with E-state index in [9.17, 15) is 19.2 Å². The largest absolute Gasteiger partial charge is 0.378 e. The zero-order valence-electron chi connectivity index (χ0n) is 25.8. The molecule has 1 N–H and O–H groups in total. The Hall–Kier alpha value is -5.09. The first kappa shape index (κ1) is 30.9. The summed E-state index contributed by atoms with van der Waals surface area (Å²) in [6.07, 6.45) is 6.28. The van der Waals surface area contributed by atoms with Crippen LogP contribution < -0.4 is 15.1 Å². The number of hydrogen-bond acceptors (Lipinski definition) is 7. The number of allylic oxidation sites excluding steroid dienone is 2. The first-order chi connectivity index (χ1) is 22.3. The number of benzene rings is 3. The number of carbonyl (C=O) groups is 4. The average molecular weight is 634 g/mol. The molecule has 46 heavy (non-hydrogen) atoms. The Kier molecular flexibility index (Phi) is 9.07. The number of fused-ring (bicyclic) bond motifs is 1. The zero-order valence-corrected chi connectivity index (χ0v) is 26.6. The monoisotopic (exact) mass is 633 g/mol. The molecule has 2 aliphatic rings.